The Morgan fingerprint density at radius 1 is 1.03 bits per heavy atom. The predicted octanol–water partition coefficient (Wildman–Crippen LogP) is 3.58. The van der Waals surface area contributed by atoms with E-state index in [2.05, 4.69) is 16.0 Å². The van der Waals surface area contributed by atoms with E-state index in [1.54, 1.807) is 38.1 Å². The van der Waals surface area contributed by atoms with E-state index in [0.29, 0.717) is 23.6 Å². The largest absolute Gasteiger partial charge is 0.494 e. The maximum atomic E-state index is 14.1. The van der Waals surface area contributed by atoms with E-state index < -0.39 is 23.7 Å². The molecule has 0 aromatic heterocycles. The van der Waals surface area contributed by atoms with Crippen LogP contribution in [0.4, 0.5) is 15.8 Å². The normalized spacial score (nSPS) is 11.5. The number of nitrogens with one attached hydrogen (secondary N) is 3. The summed E-state index contributed by atoms with van der Waals surface area (Å²) in [7, 11) is 0. The fourth-order valence-corrected chi connectivity index (χ4v) is 2.74. The van der Waals surface area contributed by atoms with Crippen LogP contribution in [0.3, 0.4) is 0 Å². The molecule has 0 fully saturated rings. The van der Waals surface area contributed by atoms with Gasteiger partial charge in [0.1, 0.15) is 17.6 Å². The molecule has 0 spiro atoms. The zero-order chi connectivity index (χ0) is 22.3. The molecule has 0 aliphatic carbocycles. The quantitative estimate of drug-likeness (QED) is 0.614. The molecule has 1 unspecified atom stereocenters. The summed E-state index contributed by atoms with van der Waals surface area (Å²) >= 11 is 0. The first-order valence-electron chi connectivity index (χ1n) is 9.63. The van der Waals surface area contributed by atoms with E-state index in [4.69, 9.17) is 4.74 Å². The van der Waals surface area contributed by atoms with E-state index in [-0.39, 0.29) is 17.5 Å². The van der Waals surface area contributed by atoms with Gasteiger partial charge < -0.3 is 20.7 Å². The van der Waals surface area contributed by atoms with Crippen LogP contribution in [0.5, 0.6) is 5.75 Å². The maximum Gasteiger partial charge on any atom is 0.251 e. The summed E-state index contributed by atoms with van der Waals surface area (Å²) in [5.41, 5.74) is 0.627. The highest BCUT2D eigenvalue weighted by Gasteiger charge is 2.25. The van der Waals surface area contributed by atoms with E-state index >= 15 is 0 Å². The van der Waals surface area contributed by atoms with Crippen molar-refractivity contribution in [3.8, 4) is 5.75 Å². The van der Waals surface area contributed by atoms with Gasteiger partial charge in [-0.2, -0.15) is 0 Å². The number of anilines is 2. The van der Waals surface area contributed by atoms with Gasteiger partial charge in [-0.3, -0.25) is 14.4 Å². The van der Waals surface area contributed by atoms with Gasteiger partial charge in [0.05, 0.1) is 12.3 Å². The second-order valence-electron chi connectivity index (χ2n) is 7.02. The monoisotopic (exact) mass is 415 g/mol. The van der Waals surface area contributed by atoms with Crippen molar-refractivity contribution in [1.29, 1.82) is 0 Å². The highest BCUT2D eigenvalue weighted by molar-refractivity contribution is 6.01. The van der Waals surface area contributed by atoms with Gasteiger partial charge >= 0.3 is 0 Å². The first kappa shape index (κ1) is 22.9. The molecule has 3 amide bonds. The van der Waals surface area contributed by atoms with Gasteiger partial charge in [-0.05, 0) is 55.3 Å². The molecule has 0 aliphatic rings. The van der Waals surface area contributed by atoms with Gasteiger partial charge in [0, 0.05) is 18.2 Å². The first-order valence-corrected chi connectivity index (χ1v) is 9.63. The second kappa shape index (κ2) is 10.4. The van der Waals surface area contributed by atoms with Crippen molar-refractivity contribution >= 4 is 29.1 Å². The fraction of sp³-hybridized carbons (Fsp3) is 0.318. The number of amides is 3. The zero-order valence-electron chi connectivity index (χ0n) is 17.4. The average Bonchev–Trinajstić information content (AvgIpc) is 2.68. The minimum Gasteiger partial charge on any atom is -0.494 e. The van der Waals surface area contributed by atoms with Gasteiger partial charge in [0.15, 0.2) is 0 Å². The molecule has 7 nitrogen and oxygen atoms in total. The summed E-state index contributed by atoms with van der Waals surface area (Å²) in [4.78, 5) is 36.5. The Labute approximate surface area is 175 Å². The zero-order valence-corrected chi connectivity index (χ0v) is 17.4. The lowest BCUT2D eigenvalue weighted by Crippen LogP contribution is -2.47. The van der Waals surface area contributed by atoms with Crippen LogP contribution in [0.15, 0.2) is 42.5 Å². The van der Waals surface area contributed by atoms with Crippen LogP contribution in [0.2, 0.25) is 0 Å². The second-order valence-corrected chi connectivity index (χ2v) is 7.02. The summed E-state index contributed by atoms with van der Waals surface area (Å²) in [5.74, 6) is -1.58. The Morgan fingerprint density at radius 2 is 1.70 bits per heavy atom. The summed E-state index contributed by atoms with van der Waals surface area (Å²) in [6, 6.07) is 9.51. The van der Waals surface area contributed by atoms with Crippen molar-refractivity contribution in [3.05, 3.63) is 53.8 Å². The van der Waals surface area contributed by atoms with Crippen LogP contribution in [-0.2, 0) is 9.59 Å². The lowest BCUT2D eigenvalue weighted by molar-refractivity contribution is -0.119. The topological polar surface area (TPSA) is 96.5 Å². The summed E-state index contributed by atoms with van der Waals surface area (Å²) in [6.07, 6.45) is 0. The number of benzene rings is 2. The third-order valence-electron chi connectivity index (χ3n) is 4.21. The molecule has 1 atom stereocenters. The number of halogens is 1. The summed E-state index contributed by atoms with van der Waals surface area (Å²) in [5, 5.41) is 7.70. The van der Waals surface area contributed by atoms with Crippen molar-refractivity contribution < 1.29 is 23.5 Å². The Morgan fingerprint density at radius 3 is 2.27 bits per heavy atom. The molecule has 160 valence electrons. The van der Waals surface area contributed by atoms with E-state index in [0.717, 1.165) is 6.07 Å². The maximum absolute atomic E-state index is 14.1. The van der Waals surface area contributed by atoms with Gasteiger partial charge in [0.25, 0.3) is 5.91 Å². The fourth-order valence-electron chi connectivity index (χ4n) is 2.74. The van der Waals surface area contributed by atoms with E-state index in [9.17, 15) is 18.8 Å². The minimum atomic E-state index is -0.895. The Kier molecular flexibility index (Phi) is 7.91. The molecule has 3 N–H and O–H groups in total. The smallest absolute Gasteiger partial charge is 0.251 e. The summed E-state index contributed by atoms with van der Waals surface area (Å²) in [6.45, 7) is 7.24. The van der Waals surface area contributed by atoms with Crippen LogP contribution in [-0.4, -0.2) is 30.4 Å². The lowest BCUT2D eigenvalue weighted by Gasteiger charge is -2.22. The molecule has 30 heavy (non-hydrogen) atoms. The molecule has 2 aromatic rings. The molecule has 0 radical (unpaired) electrons. The first-order chi connectivity index (χ1) is 14.2. The van der Waals surface area contributed by atoms with Crippen LogP contribution in [0.1, 0.15) is 38.1 Å². The van der Waals surface area contributed by atoms with Gasteiger partial charge in [-0.15, -0.1) is 0 Å². The van der Waals surface area contributed by atoms with Crippen LogP contribution in [0, 0.1) is 11.7 Å². The molecule has 0 saturated heterocycles. The van der Waals surface area contributed by atoms with Crippen LogP contribution < -0.4 is 20.7 Å². The highest BCUT2D eigenvalue weighted by atomic mass is 19.1. The van der Waals surface area contributed by atoms with Gasteiger partial charge in [-0.25, -0.2) is 4.39 Å². The summed E-state index contributed by atoms with van der Waals surface area (Å²) < 4.78 is 19.5. The predicted molar refractivity (Wildman–Crippen MR) is 113 cm³/mol. The van der Waals surface area contributed by atoms with Gasteiger partial charge in [-0.1, -0.05) is 13.8 Å². The van der Waals surface area contributed by atoms with Crippen molar-refractivity contribution in [2.45, 2.75) is 33.7 Å². The Bertz CT molecular complexity index is 913. The third-order valence-corrected chi connectivity index (χ3v) is 4.21. The molecule has 2 aromatic carbocycles. The average molecular weight is 415 g/mol. The number of carbonyl (C=O) groups is 3. The SMILES string of the molecule is CCOc1ccc(C(=O)NC(C(=O)Nc2cc(NC(C)=O)ccc2F)C(C)C)cc1. The standard InChI is InChI=1S/C22H26FN3O4/c1-5-30-17-9-6-15(7-10-17)21(28)26-20(13(2)3)22(29)25-19-12-16(24-14(4)27)8-11-18(19)23/h6-13,20H,5H2,1-4H3,(H,24,27)(H,25,29)(H,26,28). The number of hydrogen-bond donors (Lipinski definition) is 3. The van der Waals surface area contributed by atoms with Crippen molar-refractivity contribution in [3.63, 3.8) is 0 Å². The molecule has 2 rings (SSSR count). The molecule has 8 heteroatoms. The van der Waals surface area contributed by atoms with Crippen LogP contribution >= 0.6 is 0 Å². The van der Waals surface area contributed by atoms with Crippen molar-refractivity contribution in [1.82, 2.24) is 5.32 Å². The number of hydrogen-bond acceptors (Lipinski definition) is 4. The molecule has 0 heterocycles. The number of rotatable bonds is 8. The van der Waals surface area contributed by atoms with E-state index in [1.165, 1.54) is 19.1 Å². The molecule has 0 aliphatic heterocycles. The molecular formula is C22H26FN3O4. The molecular weight excluding hydrogens is 389 g/mol. The highest BCUT2D eigenvalue weighted by Crippen LogP contribution is 2.21. The van der Waals surface area contributed by atoms with Crippen molar-refractivity contribution in [2.75, 3.05) is 17.2 Å². The lowest BCUT2D eigenvalue weighted by atomic mass is 10.0. The Balaban J connectivity index is 2.13. The van der Waals surface area contributed by atoms with Crippen LogP contribution in [0.25, 0.3) is 0 Å². The number of carbonyl (C=O) groups excluding carboxylic acids is 3. The third kappa shape index (κ3) is 6.30. The Hall–Kier alpha value is -3.42. The molecule has 0 saturated carbocycles. The molecule has 0 bridgehead atoms. The van der Waals surface area contributed by atoms with E-state index in [1.807, 2.05) is 6.92 Å². The number of ether oxygens (including phenoxy) is 1. The van der Waals surface area contributed by atoms with Gasteiger partial charge in [0.2, 0.25) is 11.8 Å². The van der Waals surface area contributed by atoms with Crippen molar-refractivity contribution in [2.24, 2.45) is 5.92 Å². The minimum absolute atomic E-state index is 0.0905.